The first-order chi connectivity index (χ1) is 6.81. The lowest BCUT2D eigenvalue weighted by Gasteiger charge is -2.38. The van der Waals surface area contributed by atoms with Gasteiger partial charge in [-0.25, -0.2) is 0 Å². The van der Waals surface area contributed by atoms with Gasteiger partial charge >= 0.3 is 0 Å². The molecule has 2 heterocycles. The van der Waals surface area contributed by atoms with Gasteiger partial charge in [0.1, 0.15) is 0 Å². The van der Waals surface area contributed by atoms with Crippen LogP contribution in [0.25, 0.3) is 0 Å². The molecule has 2 nitrogen and oxygen atoms in total. The summed E-state index contributed by atoms with van der Waals surface area (Å²) < 4.78 is 0. The van der Waals surface area contributed by atoms with Crippen LogP contribution in [-0.2, 0) is 0 Å². The molecule has 2 rings (SSSR count). The maximum atomic E-state index is 3.59. The number of rotatable bonds is 2. The maximum absolute atomic E-state index is 3.59. The fraction of sp³-hybridized carbons (Fsp3) is 1.00. The number of hydrogen-bond acceptors (Lipinski definition) is 3. The number of thioether (sulfide) groups is 1. The van der Waals surface area contributed by atoms with Gasteiger partial charge in [-0.1, -0.05) is 13.8 Å². The summed E-state index contributed by atoms with van der Waals surface area (Å²) in [5.74, 6) is 3.62. The second-order valence-corrected chi connectivity index (χ2v) is 5.71. The van der Waals surface area contributed by atoms with Gasteiger partial charge in [0.25, 0.3) is 0 Å². The first-order valence-corrected chi connectivity index (χ1v) is 7.02. The molecule has 0 amide bonds. The van der Waals surface area contributed by atoms with Gasteiger partial charge in [-0.3, -0.25) is 4.90 Å². The van der Waals surface area contributed by atoms with Gasteiger partial charge in [-0.15, -0.1) is 0 Å². The van der Waals surface area contributed by atoms with Crippen molar-refractivity contribution in [2.45, 2.75) is 32.4 Å². The summed E-state index contributed by atoms with van der Waals surface area (Å²) in [6.07, 6.45) is 1.27. The van der Waals surface area contributed by atoms with Crippen LogP contribution in [0, 0.1) is 5.92 Å². The molecule has 3 unspecified atom stereocenters. The molecule has 82 valence electrons. The molecule has 14 heavy (non-hydrogen) atoms. The third-order valence-corrected chi connectivity index (χ3v) is 4.91. The Kier molecular flexibility index (Phi) is 3.74. The molecule has 0 aliphatic carbocycles. The molecular weight excluding hydrogens is 192 g/mol. The highest BCUT2D eigenvalue weighted by molar-refractivity contribution is 7.99. The highest BCUT2D eigenvalue weighted by Gasteiger charge is 2.31. The second-order valence-electron chi connectivity index (χ2n) is 4.64. The predicted octanol–water partition coefficient (Wildman–Crippen LogP) is 1.42. The van der Waals surface area contributed by atoms with E-state index in [0.717, 1.165) is 18.0 Å². The van der Waals surface area contributed by atoms with Crippen LogP contribution in [0.15, 0.2) is 0 Å². The predicted molar refractivity (Wildman–Crippen MR) is 63.9 cm³/mol. The van der Waals surface area contributed by atoms with Gasteiger partial charge in [0.05, 0.1) is 0 Å². The maximum Gasteiger partial charge on any atom is 0.0221 e. The fourth-order valence-corrected chi connectivity index (χ4v) is 4.05. The molecular formula is C11H22N2S. The molecule has 0 aromatic heterocycles. The average Bonchev–Trinajstić information content (AvgIpc) is 2.65. The van der Waals surface area contributed by atoms with Crippen LogP contribution in [0.3, 0.4) is 0 Å². The number of piperazine rings is 1. The summed E-state index contributed by atoms with van der Waals surface area (Å²) in [5.41, 5.74) is 0. The van der Waals surface area contributed by atoms with E-state index in [1.165, 1.54) is 37.6 Å². The van der Waals surface area contributed by atoms with E-state index in [2.05, 4.69) is 35.8 Å². The molecule has 2 aliphatic rings. The van der Waals surface area contributed by atoms with E-state index < -0.39 is 0 Å². The van der Waals surface area contributed by atoms with Crippen molar-refractivity contribution >= 4 is 11.8 Å². The van der Waals surface area contributed by atoms with Crippen LogP contribution in [-0.4, -0.2) is 48.1 Å². The van der Waals surface area contributed by atoms with Crippen molar-refractivity contribution in [3.05, 3.63) is 0 Å². The van der Waals surface area contributed by atoms with Crippen molar-refractivity contribution in [2.75, 3.05) is 31.1 Å². The molecule has 0 aromatic carbocycles. The standard InChI is InChI=1S/C11H22N2S/c1-3-10-6-13(5-4-12-10)11-8-14-7-9(11)2/h9-12H,3-8H2,1-2H3. The lowest BCUT2D eigenvalue weighted by molar-refractivity contribution is 0.131. The van der Waals surface area contributed by atoms with Crippen LogP contribution in [0.5, 0.6) is 0 Å². The quantitative estimate of drug-likeness (QED) is 0.748. The van der Waals surface area contributed by atoms with Crippen LogP contribution >= 0.6 is 11.8 Å². The molecule has 0 radical (unpaired) electrons. The van der Waals surface area contributed by atoms with Crippen molar-refractivity contribution in [3.8, 4) is 0 Å². The summed E-state index contributed by atoms with van der Waals surface area (Å²) in [7, 11) is 0. The molecule has 3 heteroatoms. The van der Waals surface area contributed by atoms with Crippen LogP contribution in [0.4, 0.5) is 0 Å². The van der Waals surface area contributed by atoms with Gasteiger partial charge in [0.15, 0.2) is 0 Å². The molecule has 3 atom stereocenters. The minimum absolute atomic E-state index is 0.738. The number of nitrogens with one attached hydrogen (secondary N) is 1. The lowest BCUT2D eigenvalue weighted by atomic mass is 10.0. The molecule has 0 saturated carbocycles. The largest absolute Gasteiger partial charge is 0.311 e. The summed E-state index contributed by atoms with van der Waals surface area (Å²) in [6.45, 7) is 8.41. The highest BCUT2D eigenvalue weighted by atomic mass is 32.2. The average molecular weight is 214 g/mol. The zero-order chi connectivity index (χ0) is 9.97. The number of hydrogen-bond donors (Lipinski definition) is 1. The van der Waals surface area contributed by atoms with E-state index in [1.54, 1.807) is 0 Å². The van der Waals surface area contributed by atoms with Crippen LogP contribution in [0.1, 0.15) is 20.3 Å². The topological polar surface area (TPSA) is 15.3 Å². The van der Waals surface area contributed by atoms with Gasteiger partial charge in [0, 0.05) is 37.5 Å². The van der Waals surface area contributed by atoms with Crippen molar-refractivity contribution in [1.82, 2.24) is 10.2 Å². The van der Waals surface area contributed by atoms with Gasteiger partial charge < -0.3 is 5.32 Å². The number of nitrogens with zero attached hydrogens (tertiary/aromatic N) is 1. The van der Waals surface area contributed by atoms with E-state index in [-0.39, 0.29) is 0 Å². The lowest BCUT2D eigenvalue weighted by Crippen LogP contribution is -2.55. The first kappa shape index (κ1) is 10.8. The third kappa shape index (κ3) is 2.26. The molecule has 2 saturated heterocycles. The summed E-state index contributed by atoms with van der Waals surface area (Å²) >= 11 is 2.13. The Labute approximate surface area is 91.8 Å². The minimum Gasteiger partial charge on any atom is -0.311 e. The van der Waals surface area contributed by atoms with Crippen molar-refractivity contribution < 1.29 is 0 Å². The van der Waals surface area contributed by atoms with Crippen molar-refractivity contribution in [2.24, 2.45) is 5.92 Å². The first-order valence-electron chi connectivity index (χ1n) is 5.86. The van der Waals surface area contributed by atoms with E-state index >= 15 is 0 Å². The molecule has 2 fully saturated rings. The normalized spacial score (nSPS) is 40.3. The Balaban J connectivity index is 1.90. The monoisotopic (exact) mass is 214 g/mol. The Morgan fingerprint density at radius 1 is 1.43 bits per heavy atom. The van der Waals surface area contributed by atoms with E-state index in [1.807, 2.05) is 0 Å². The summed E-state index contributed by atoms with van der Waals surface area (Å²) in [6, 6.07) is 1.60. The SMILES string of the molecule is CCC1CN(C2CSCC2C)CCN1. The second kappa shape index (κ2) is 4.86. The Morgan fingerprint density at radius 2 is 2.29 bits per heavy atom. The van der Waals surface area contributed by atoms with Crippen LogP contribution < -0.4 is 5.32 Å². The van der Waals surface area contributed by atoms with E-state index in [0.29, 0.717) is 0 Å². The smallest absolute Gasteiger partial charge is 0.0221 e. The van der Waals surface area contributed by atoms with Crippen LogP contribution in [0.2, 0.25) is 0 Å². The Hall–Kier alpha value is 0.270. The van der Waals surface area contributed by atoms with E-state index in [4.69, 9.17) is 0 Å². The van der Waals surface area contributed by atoms with Gasteiger partial charge in [0.2, 0.25) is 0 Å². The summed E-state index contributed by atoms with van der Waals surface area (Å²) in [5, 5.41) is 3.59. The molecule has 0 spiro atoms. The summed E-state index contributed by atoms with van der Waals surface area (Å²) in [4.78, 5) is 2.72. The van der Waals surface area contributed by atoms with Gasteiger partial charge in [-0.05, 0) is 18.1 Å². The third-order valence-electron chi connectivity index (χ3n) is 3.57. The highest BCUT2D eigenvalue weighted by Crippen LogP contribution is 2.28. The molecule has 0 aromatic rings. The minimum atomic E-state index is 0.738. The molecule has 0 bridgehead atoms. The fourth-order valence-electron chi connectivity index (χ4n) is 2.54. The van der Waals surface area contributed by atoms with E-state index in [9.17, 15) is 0 Å². The zero-order valence-electron chi connectivity index (χ0n) is 9.33. The van der Waals surface area contributed by atoms with Gasteiger partial charge in [-0.2, -0.15) is 11.8 Å². The Morgan fingerprint density at radius 3 is 2.93 bits per heavy atom. The van der Waals surface area contributed by atoms with Crippen molar-refractivity contribution in [3.63, 3.8) is 0 Å². The Bertz CT molecular complexity index is 186. The zero-order valence-corrected chi connectivity index (χ0v) is 10.1. The molecule has 1 N–H and O–H groups in total. The molecule has 2 aliphatic heterocycles. The van der Waals surface area contributed by atoms with Crippen molar-refractivity contribution in [1.29, 1.82) is 0 Å².